The van der Waals surface area contributed by atoms with Crippen molar-refractivity contribution in [1.29, 1.82) is 0 Å². The lowest BCUT2D eigenvalue weighted by Crippen LogP contribution is -2.09. The van der Waals surface area contributed by atoms with Crippen LogP contribution in [0.5, 0.6) is 11.5 Å². The van der Waals surface area contributed by atoms with Crippen molar-refractivity contribution in [3.8, 4) is 11.5 Å². The fourth-order valence-corrected chi connectivity index (χ4v) is 2.03. The normalized spacial score (nSPS) is 13.1. The average Bonchev–Trinajstić information content (AvgIpc) is 2.19. The first-order valence-corrected chi connectivity index (χ1v) is 5.86. The van der Waals surface area contributed by atoms with Crippen LogP contribution in [0.15, 0.2) is 30.9 Å². The van der Waals surface area contributed by atoms with Gasteiger partial charge in [-0.05, 0) is 17.7 Å². The minimum atomic E-state index is -4.26. The van der Waals surface area contributed by atoms with Crippen LogP contribution < -0.4 is 4.74 Å². The third kappa shape index (κ3) is 2.53. The van der Waals surface area contributed by atoms with E-state index in [-0.39, 0.29) is 17.1 Å². The fourth-order valence-electron chi connectivity index (χ4n) is 1.30. The van der Waals surface area contributed by atoms with Gasteiger partial charge in [0.15, 0.2) is 11.5 Å². The second-order valence-corrected chi connectivity index (χ2v) is 4.64. The summed E-state index contributed by atoms with van der Waals surface area (Å²) in [6, 6.07) is 3.99. The third-order valence-corrected chi connectivity index (χ3v) is 3.17. The molecule has 5 nitrogen and oxygen atoms in total. The Kier molecular flexibility index (Phi) is 3.56. The maximum absolute atomic E-state index is 11.0. The summed E-state index contributed by atoms with van der Waals surface area (Å²) in [7, 11) is -2.92. The van der Waals surface area contributed by atoms with E-state index in [1.165, 1.54) is 25.3 Å². The van der Waals surface area contributed by atoms with Gasteiger partial charge in [-0.1, -0.05) is 12.1 Å². The van der Waals surface area contributed by atoms with E-state index in [0.29, 0.717) is 0 Å². The standard InChI is InChI=1S/C10H12O5S/c1-3-10(16(12,13)14)7-4-5-8(11)9(6-7)15-2/h3-6,10-11H,1H2,2H3,(H,12,13,14). The molecule has 88 valence electrons. The molecule has 16 heavy (non-hydrogen) atoms. The summed E-state index contributed by atoms with van der Waals surface area (Å²) in [5.74, 6) is 0.0254. The molecule has 0 aliphatic carbocycles. The monoisotopic (exact) mass is 244 g/mol. The predicted octanol–water partition coefficient (Wildman–Crippen LogP) is 1.52. The van der Waals surface area contributed by atoms with Gasteiger partial charge in [0.1, 0.15) is 5.25 Å². The molecule has 0 amide bonds. The number of phenols is 1. The van der Waals surface area contributed by atoms with Gasteiger partial charge >= 0.3 is 0 Å². The Labute approximate surface area is 93.7 Å². The van der Waals surface area contributed by atoms with E-state index < -0.39 is 15.4 Å². The molecule has 1 atom stereocenters. The highest BCUT2D eigenvalue weighted by atomic mass is 32.2. The van der Waals surface area contributed by atoms with E-state index in [4.69, 9.17) is 9.29 Å². The molecule has 1 aromatic carbocycles. The van der Waals surface area contributed by atoms with E-state index in [1.807, 2.05) is 0 Å². The van der Waals surface area contributed by atoms with Crippen molar-refractivity contribution in [1.82, 2.24) is 0 Å². The van der Waals surface area contributed by atoms with Crippen LogP contribution in [0, 0.1) is 0 Å². The van der Waals surface area contributed by atoms with Gasteiger partial charge in [0, 0.05) is 0 Å². The van der Waals surface area contributed by atoms with Crippen LogP contribution in [0.3, 0.4) is 0 Å². The van der Waals surface area contributed by atoms with Crippen molar-refractivity contribution < 1.29 is 22.8 Å². The first kappa shape index (κ1) is 12.5. The van der Waals surface area contributed by atoms with E-state index >= 15 is 0 Å². The fraction of sp³-hybridized carbons (Fsp3) is 0.200. The lowest BCUT2D eigenvalue weighted by molar-refractivity contribution is 0.373. The Morgan fingerprint density at radius 3 is 2.56 bits per heavy atom. The topological polar surface area (TPSA) is 83.8 Å². The van der Waals surface area contributed by atoms with Crippen LogP contribution in [-0.2, 0) is 10.1 Å². The number of hydrogen-bond acceptors (Lipinski definition) is 4. The lowest BCUT2D eigenvalue weighted by Gasteiger charge is -2.11. The summed E-state index contributed by atoms with van der Waals surface area (Å²) < 4.78 is 35.9. The van der Waals surface area contributed by atoms with Crippen LogP contribution in [0.2, 0.25) is 0 Å². The van der Waals surface area contributed by atoms with Gasteiger partial charge in [0.2, 0.25) is 0 Å². The van der Waals surface area contributed by atoms with Crippen LogP contribution in [0.4, 0.5) is 0 Å². The van der Waals surface area contributed by atoms with Crippen LogP contribution in [0.25, 0.3) is 0 Å². The molecular formula is C10H12O5S. The summed E-state index contributed by atoms with van der Waals surface area (Å²) in [5, 5.41) is 8.10. The molecule has 1 unspecified atom stereocenters. The highest BCUT2D eigenvalue weighted by Gasteiger charge is 2.22. The second kappa shape index (κ2) is 4.54. The summed E-state index contributed by atoms with van der Waals surface area (Å²) in [6.45, 7) is 3.34. The predicted molar refractivity (Wildman–Crippen MR) is 59.1 cm³/mol. The summed E-state index contributed by atoms with van der Waals surface area (Å²) >= 11 is 0. The Balaban J connectivity index is 3.27. The number of rotatable bonds is 4. The highest BCUT2D eigenvalue weighted by molar-refractivity contribution is 7.86. The first-order valence-electron chi connectivity index (χ1n) is 4.36. The maximum Gasteiger partial charge on any atom is 0.275 e. The van der Waals surface area contributed by atoms with Crippen LogP contribution in [0.1, 0.15) is 10.8 Å². The van der Waals surface area contributed by atoms with E-state index in [2.05, 4.69) is 6.58 Å². The Hall–Kier alpha value is -1.53. The zero-order valence-electron chi connectivity index (χ0n) is 8.62. The molecule has 0 bridgehead atoms. The smallest absolute Gasteiger partial charge is 0.275 e. The quantitative estimate of drug-likeness (QED) is 0.619. The summed E-state index contributed by atoms with van der Waals surface area (Å²) in [4.78, 5) is 0. The molecule has 0 aliphatic heterocycles. The van der Waals surface area contributed by atoms with Crippen LogP contribution in [-0.4, -0.2) is 25.2 Å². The van der Waals surface area contributed by atoms with E-state index in [0.717, 1.165) is 6.08 Å². The van der Waals surface area contributed by atoms with Gasteiger partial charge in [-0.2, -0.15) is 8.42 Å². The molecule has 6 heteroatoms. The van der Waals surface area contributed by atoms with Gasteiger partial charge in [-0.25, -0.2) is 0 Å². The van der Waals surface area contributed by atoms with E-state index in [1.54, 1.807) is 0 Å². The summed E-state index contributed by atoms with van der Waals surface area (Å²) in [5.41, 5.74) is 0.271. The molecule has 0 spiro atoms. The van der Waals surface area contributed by atoms with Crippen molar-refractivity contribution in [2.45, 2.75) is 5.25 Å². The number of methoxy groups -OCH3 is 1. The number of hydrogen-bond donors (Lipinski definition) is 2. The maximum atomic E-state index is 11.0. The summed E-state index contributed by atoms with van der Waals surface area (Å²) in [6.07, 6.45) is 1.10. The molecule has 0 radical (unpaired) electrons. The second-order valence-electron chi connectivity index (χ2n) is 3.10. The third-order valence-electron chi connectivity index (χ3n) is 2.07. The Bertz CT molecular complexity index is 492. The zero-order valence-corrected chi connectivity index (χ0v) is 9.44. The molecular weight excluding hydrogens is 232 g/mol. The largest absolute Gasteiger partial charge is 0.504 e. The van der Waals surface area contributed by atoms with Gasteiger partial charge in [-0.15, -0.1) is 6.58 Å². The van der Waals surface area contributed by atoms with E-state index in [9.17, 15) is 13.5 Å². The van der Waals surface area contributed by atoms with Crippen molar-refractivity contribution >= 4 is 10.1 Å². The van der Waals surface area contributed by atoms with Crippen molar-refractivity contribution in [2.75, 3.05) is 7.11 Å². The lowest BCUT2D eigenvalue weighted by atomic mass is 10.1. The van der Waals surface area contributed by atoms with Crippen molar-refractivity contribution in [3.63, 3.8) is 0 Å². The zero-order chi connectivity index (χ0) is 12.3. The van der Waals surface area contributed by atoms with Crippen LogP contribution >= 0.6 is 0 Å². The minimum Gasteiger partial charge on any atom is -0.504 e. The van der Waals surface area contributed by atoms with Gasteiger partial charge < -0.3 is 9.84 Å². The van der Waals surface area contributed by atoms with Crippen molar-refractivity contribution in [3.05, 3.63) is 36.4 Å². The molecule has 0 aromatic heterocycles. The molecule has 0 heterocycles. The molecule has 2 N–H and O–H groups in total. The van der Waals surface area contributed by atoms with Gasteiger partial charge in [-0.3, -0.25) is 4.55 Å². The molecule has 0 fully saturated rings. The number of aromatic hydroxyl groups is 1. The number of ether oxygens (including phenoxy) is 1. The minimum absolute atomic E-state index is 0.107. The molecule has 0 saturated heterocycles. The number of benzene rings is 1. The molecule has 1 rings (SSSR count). The molecule has 0 aliphatic rings. The van der Waals surface area contributed by atoms with Crippen molar-refractivity contribution in [2.24, 2.45) is 0 Å². The highest BCUT2D eigenvalue weighted by Crippen LogP contribution is 2.31. The molecule has 0 saturated carbocycles. The number of phenolic OH excluding ortho intramolecular Hbond substituents is 1. The average molecular weight is 244 g/mol. The SMILES string of the molecule is C=CC(c1ccc(O)c(OC)c1)S(=O)(=O)O. The van der Waals surface area contributed by atoms with Gasteiger partial charge in [0.25, 0.3) is 10.1 Å². The Morgan fingerprint density at radius 2 is 2.12 bits per heavy atom. The van der Waals surface area contributed by atoms with Gasteiger partial charge in [0.05, 0.1) is 7.11 Å². The first-order chi connectivity index (χ1) is 7.40. The Morgan fingerprint density at radius 1 is 1.50 bits per heavy atom. The molecule has 1 aromatic rings.